The minimum Gasteiger partial charge on any atom is -0.508 e. The largest absolute Gasteiger partial charge is 0.508 e. The summed E-state index contributed by atoms with van der Waals surface area (Å²) in [6.07, 6.45) is 1.73. The molecule has 0 fully saturated rings. The van der Waals surface area contributed by atoms with Gasteiger partial charge in [-0.2, -0.15) is 4.31 Å². The third-order valence-electron chi connectivity index (χ3n) is 6.19. The number of hydrogen-bond acceptors (Lipinski definition) is 7. The number of hydrogen-bond donors (Lipinski definition) is 5. The number of anilines is 1. The molecule has 4 rings (SSSR count). The Morgan fingerprint density at radius 2 is 1.71 bits per heavy atom. The van der Waals surface area contributed by atoms with Crippen molar-refractivity contribution in [1.82, 2.24) is 9.62 Å². The Labute approximate surface area is 206 Å². The van der Waals surface area contributed by atoms with E-state index in [1.807, 2.05) is 36.4 Å². The second kappa shape index (κ2) is 11.1. The van der Waals surface area contributed by atoms with Gasteiger partial charge in [-0.15, -0.1) is 0 Å². The van der Waals surface area contributed by atoms with Gasteiger partial charge in [0.1, 0.15) is 16.4 Å². The maximum atomic E-state index is 13.1. The molecule has 8 nitrogen and oxygen atoms in total. The first kappa shape index (κ1) is 25.0. The van der Waals surface area contributed by atoms with Crippen molar-refractivity contribution in [2.75, 3.05) is 18.4 Å². The van der Waals surface area contributed by atoms with Gasteiger partial charge >= 0.3 is 0 Å². The van der Waals surface area contributed by atoms with Crippen LogP contribution in [0.5, 0.6) is 11.5 Å². The number of nitrogens with zero attached hydrogens (tertiary/aromatic N) is 1. The summed E-state index contributed by atoms with van der Waals surface area (Å²) in [6.45, 7) is 2.68. The normalized spacial score (nSPS) is 14.5. The summed E-state index contributed by atoms with van der Waals surface area (Å²) >= 11 is 0. The molecule has 0 radical (unpaired) electrons. The summed E-state index contributed by atoms with van der Waals surface area (Å²) in [7, 11) is -3.91. The van der Waals surface area contributed by atoms with Gasteiger partial charge in [0.15, 0.2) is 0 Å². The van der Waals surface area contributed by atoms with Crippen LogP contribution in [0.1, 0.15) is 29.5 Å². The minimum absolute atomic E-state index is 0.191. The van der Waals surface area contributed by atoms with Crippen LogP contribution in [-0.4, -0.2) is 42.1 Å². The molecule has 1 aliphatic rings. The van der Waals surface area contributed by atoms with Crippen LogP contribution in [0.2, 0.25) is 0 Å². The molecule has 3 aromatic carbocycles. The van der Waals surface area contributed by atoms with E-state index in [0.29, 0.717) is 6.54 Å². The van der Waals surface area contributed by atoms with E-state index in [-0.39, 0.29) is 29.8 Å². The first-order chi connectivity index (χ1) is 16.9. The number of benzene rings is 3. The van der Waals surface area contributed by atoms with Crippen LogP contribution < -0.4 is 16.4 Å². The van der Waals surface area contributed by atoms with Crippen LogP contribution in [-0.2, 0) is 29.7 Å². The second-order valence-electron chi connectivity index (χ2n) is 8.78. The highest BCUT2D eigenvalue weighted by Crippen LogP contribution is 2.34. The molecule has 0 saturated carbocycles. The fourth-order valence-corrected chi connectivity index (χ4v) is 5.78. The lowest BCUT2D eigenvalue weighted by molar-refractivity contribution is 0.415. The molecule has 0 spiro atoms. The Kier molecular flexibility index (Phi) is 7.92. The fourth-order valence-electron chi connectivity index (χ4n) is 4.32. The van der Waals surface area contributed by atoms with E-state index in [0.717, 1.165) is 48.8 Å². The van der Waals surface area contributed by atoms with Crippen LogP contribution in [0.25, 0.3) is 0 Å². The number of rotatable bonds is 11. The predicted molar refractivity (Wildman–Crippen MR) is 136 cm³/mol. The molecule has 9 heteroatoms. The molecule has 186 valence electrons. The summed E-state index contributed by atoms with van der Waals surface area (Å²) in [5.41, 5.74) is 9.86. The number of phenols is 2. The quantitative estimate of drug-likeness (QED) is 0.258. The van der Waals surface area contributed by atoms with Crippen LogP contribution in [0, 0.1) is 0 Å². The topological polar surface area (TPSA) is 128 Å². The highest BCUT2D eigenvalue weighted by Gasteiger charge is 2.32. The standard InChI is InChI=1S/C26H32N4O4S/c27-12-10-22(11-13-28-16-19-4-2-1-3-5-19)29-23-7-6-20-17-30(18-21(20)14-23)35(33,34)26-9-8-24(31)15-25(26)32/h1-9,14-15,22,28-29,31-32H,10-13,16-18,27H2. The van der Waals surface area contributed by atoms with Crippen molar-refractivity contribution in [3.63, 3.8) is 0 Å². The Balaban J connectivity index is 1.37. The number of aromatic hydroxyl groups is 2. The van der Waals surface area contributed by atoms with E-state index < -0.39 is 15.8 Å². The van der Waals surface area contributed by atoms with Crippen LogP contribution >= 0.6 is 0 Å². The van der Waals surface area contributed by atoms with E-state index in [4.69, 9.17) is 5.73 Å². The third kappa shape index (κ3) is 6.12. The van der Waals surface area contributed by atoms with Gasteiger partial charge in [0.25, 0.3) is 0 Å². The molecule has 6 N–H and O–H groups in total. The Bertz CT molecular complexity index is 1250. The smallest absolute Gasteiger partial charge is 0.247 e. The van der Waals surface area contributed by atoms with Crippen molar-refractivity contribution >= 4 is 15.7 Å². The molecule has 35 heavy (non-hydrogen) atoms. The summed E-state index contributed by atoms with van der Waals surface area (Å²) < 4.78 is 27.5. The lowest BCUT2D eigenvalue weighted by atomic mass is 10.1. The first-order valence-electron chi connectivity index (χ1n) is 11.7. The Hall–Kier alpha value is -3.11. The molecule has 0 saturated heterocycles. The number of nitrogens with one attached hydrogen (secondary N) is 2. The molecule has 1 aliphatic heterocycles. The summed E-state index contributed by atoms with van der Waals surface area (Å²) in [6, 6.07) is 19.9. The number of fused-ring (bicyclic) bond motifs is 1. The maximum absolute atomic E-state index is 13.1. The molecule has 1 heterocycles. The van der Waals surface area contributed by atoms with Gasteiger partial charge in [-0.3, -0.25) is 0 Å². The van der Waals surface area contributed by atoms with Crippen LogP contribution in [0.15, 0.2) is 71.6 Å². The maximum Gasteiger partial charge on any atom is 0.247 e. The zero-order valence-electron chi connectivity index (χ0n) is 19.5. The van der Waals surface area contributed by atoms with Crippen molar-refractivity contribution in [3.8, 4) is 11.5 Å². The molecule has 0 aromatic heterocycles. The molecular formula is C26H32N4O4S. The molecule has 0 amide bonds. The zero-order valence-corrected chi connectivity index (χ0v) is 20.3. The average molecular weight is 497 g/mol. The zero-order chi connectivity index (χ0) is 24.8. The fraction of sp³-hybridized carbons (Fsp3) is 0.308. The average Bonchev–Trinajstić information content (AvgIpc) is 3.27. The Morgan fingerprint density at radius 1 is 0.943 bits per heavy atom. The summed E-state index contributed by atoms with van der Waals surface area (Å²) in [5.74, 6) is -0.655. The van der Waals surface area contributed by atoms with E-state index >= 15 is 0 Å². The minimum atomic E-state index is -3.91. The van der Waals surface area contributed by atoms with E-state index in [1.165, 1.54) is 22.0 Å². The first-order valence-corrected chi connectivity index (χ1v) is 13.2. The van der Waals surface area contributed by atoms with Crippen LogP contribution in [0.4, 0.5) is 5.69 Å². The summed E-state index contributed by atoms with van der Waals surface area (Å²) in [4.78, 5) is -0.215. The number of nitrogens with two attached hydrogens (primary N) is 1. The molecule has 0 aliphatic carbocycles. The second-order valence-corrected chi connectivity index (χ2v) is 10.7. The van der Waals surface area contributed by atoms with E-state index in [1.54, 1.807) is 0 Å². The van der Waals surface area contributed by atoms with E-state index in [2.05, 4.69) is 22.8 Å². The SMILES string of the molecule is NCCC(CCNCc1ccccc1)Nc1ccc2c(c1)CN(S(=O)(=O)c1ccc(O)cc1O)C2. The highest BCUT2D eigenvalue weighted by molar-refractivity contribution is 7.89. The van der Waals surface area contributed by atoms with Crippen LogP contribution in [0.3, 0.4) is 0 Å². The Morgan fingerprint density at radius 3 is 2.46 bits per heavy atom. The van der Waals surface area contributed by atoms with Gasteiger partial charge in [0, 0.05) is 37.4 Å². The molecule has 1 atom stereocenters. The number of phenolic OH excluding ortho intramolecular Hbond substituents is 2. The van der Waals surface area contributed by atoms with Crippen molar-refractivity contribution < 1.29 is 18.6 Å². The predicted octanol–water partition coefficient (Wildman–Crippen LogP) is 3.11. The monoisotopic (exact) mass is 496 g/mol. The highest BCUT2D eigenvalue weighted by atomic mass is 32.2. The van der Waals surface area contributed by atoms with Gasteiger partial charge < -0.3 is 26.6 Å². The van der Waals surface area contributed by atoms with Gasteiger partial charge in [0.05, 0.1) is 0 Å². The molecular weight excluding hydrogens is 464 g/mol. The van der Waals surface area contributed by atoms with Gasteiger partial charge in [-0.1, -0.05) is 36.4 Å². The van der Waals surface area contributed by atoms with Crippen molar-refractivity contribution in [1.29, 1.82) is 0 Å². The lowest BCUT2D eigenvalue weighted by Crippen LogP contribution is -2.28. The van der Waals surface area contributed by atoms with Gasteiger partial charge in [0.2, 0.25) is 10.0 Å². The van der Waals surface area contributed by atoms with Gasteiger partial charge in [-0.05, 0) is 66.9 Å². The van der Waals surface area contributed by atoms with Crippen molar-refractivity contribution in [2.24, 2.45) is 5.73 Å². The molecule has 0 bridgehead atoms. The number of sulfonamides is 1. The van der Waals surface area contributed by atoms with Gasteiger partial charge in [-0.25, -0.2) is 8.42 Å². The lowest BCUT2D eigenvalue weighted by Gasteiger charge is -2.20. The van der Waals surface area contributed by atoms with E-state index in [9.17, 15) is 18.6 Å². The summed E-state index contributed by atoms with van der Waals surface area (Å²) in [5, 5.41) is 26.6. The third-order valence-corrected chi connectivity index (χ3v) is 8.03. The molecule has 1 unspecified atom stereocenters. The van der Waals surface area contributed by atoms with Crippen molar-refractivity contribution in [2.45, 2.75) is 43.4 Å². The van der Waals surface area contributed by atoms with Crippen molar-refractivity contribution in [3.05, 3.63) is 83.4 Å². The molecule has 3 aromatic rings.